The van der Waals surface area contributed by atoms with Crippen molar-refractivity contribution in [3.8, 4) is 0 Å². The van der Waals surface area contributed by atoms with Crippen LogP contribution in [0.5, 0.6) is 0 Å². The van der Waals surface area contributed by atoms with Crippen LogP contribution in [-0.4, -0.2) is 26.6 Å². The van der Waals surface area contributed by atoms with E-state index in [2.05, 4.69) is 5.32 Å². The molecule has 1 unspecified atom stereocenters. The van der Waals surface area contributed by atoms with Crippen LogP contribution < -0.4 is 11.1 Å². The van der Waals surface area contributed by atoms with Crippen LogP contribution in [0.4, 0.5) is 0 Å². The average Bonchev–Trinajstić information content (AvgIpc) is 2.34. The van der Waals surface area contributed by atoms with Gasteiger partial charge in [0.15, 0.2) is 9.84 Å². The highest BCUT2D eigenvalue weighted by Crippen LogP contribution is 2.08. The van der Waals surface area contributed by atoms with E-state index in [1.807, 2.05) is 13.0 Å². The van der Waals surface area contributed by atoms with Crippen LogP contribution in [0.2, 0.25) is 0 Å². The summed E-state index contributed by atoms with van der Waals surface area (Å²) in [5.74, 6) is -0.176. The summed E-state index contributed by atoms with van der Waals surface area (Å²) in [6.07, 6.45) is 2.71. The van der Waals surface area contributed by atoms with E-state index in [4.69, 9.17) is 5.73 Å². The Labute approximate surface area is 120 Å². The van der Waals surface area contributed by atoms with E-state index < -0.39 is 15.9 Å². The van der Waals surface area contributed by atoms with Crippen LogP contribution in [0.3, 0.4) is 0 Å². The molecule has 0 fully saturated rings. The standard InChI is InChI=1S/C14H22N2O3S/c1-3-5-13(15)14(17)16-9-11-6-4-7-12(8-11)10-20(2,18)19/h4,6-8,13H,3,5,9-10,15H2,1-2H3,(H,16,17). The summed E-state index contributed by atoms with van der Waals surface area (Å²) in [6.45, 7) is 2.33. The molecule has 112 valence electrons. The van der Waals surface area contributed by atoms with Gasteiger partial charge in [-0.25, -0.2) is 8.42 Å². The van der Waals surface area contributed by atoms with Crippen molar-refractivity contribution in [2.24, 2.45) is 5.73 Å². The maximum atomic E-state index is 11.7. The fraction of sp³-hybridized carbons (Fsp3) is 0.500. The maximum Gasteiger partial charge on any atom is 0.237 e. The number of carbonyl (C=O) groups excluding carboxylic acids is 1. The molecule has 6 heteroatoms. The first kappa shape index (κ1) is 16.7. The van der Waals surface area contributed by atoms with Gasteiger partial charge in [-0.05, 0) is 17.5 Å². The molecule has 0 bridgehead atoms. The summed E-state index contributed by atoms with van der Waals surface area (Å²) in [5.41, 5.74) is 7.30. The van der Waals surface area contributed by atoms with Gasteiger partial charge in [0.2, 0.25) is 5.91 Å². The molecule has 0 aliphatic heterocycles. The molecule has 1 aromatic rings. The zero-order valence-electron chi connectivity index (χ0n) is 11.9. The first-order valence-electron chi connectivity index (χ1n) is 6.60. The van der Waals surface area contributed by atoms with Crippen LogP contribution in [0.25, 0.3) is 0 Å². The number of hydrogen-bond acceptors (Lipinski definition) is 4. The summed E-state index contributed by atoms with van der Waals surface area (Å²) < 4.78 is 22.5. The quantitative estimate of drug-likeness (QED) is 0.785. The van der Waals surface area contributed by atoms with Crippen molar-refractivity contribution in [2.45, 2.75) is 38.1 Å². The molecule has 5 nitrogen and oxygen atoms in total. The van der Waals surface area contributed by atoms with Crippen molar-refractivity contribution < 1.29 is 13.2 Å². The Hall–Kier alpha value is -1.40. The summed E-state index contributed by atoms with van der Waals surface area (Å²) in [5, 5.41) is 2.76. The minimum atomic E-state index is -3.05. The summed E-state index contributed by atoms with van der Waals surface area (Å²) >= 11 is 0. The first-order valence-corrected chi connectivity index (χ1v) is 8.66. The summed E-state index contributed by atoms with van der Waals surface area (Å²) in [4.78, 5) is 11.7. The number of carbonyl (C=O) groups is 1. The third kappa shape index (κ3) is 6.16. The fourth-order valence-corrected chi connectivity index (χ4v) is 2.68. The maximum absolute atomic E-state index is 11.7. The van der Waals surface area contributed by atoms with Crippen molar-refractivity contribution in [3.63, 3.8) is 0 Å². The molecule has 0 spiro atoms. The molecule has 0 aliphatic rings. The van der Waals surface area contributed by atoms with E-state index in [1.54, 1.807) is 18.2 Å². The molecule has 0 saturated heterocycles. The van der Waals surface area contributed by atoms with E-state index in [9.17, 15) is 13.2 Å². The van der Waals surface area contributed by atoms with Gasteiger partial charge in [0.25, 0.3) is 0 Å². The molecule has 3 N–H and O–H groups in total. The van der Waals surface area contributed by atoms with Gasteiger partial charge in [-0.15, -0.1) is 0 Å². The second-order valence-corrected chi connectivity index (χ2v) is 7.14. The SMILES string of the molecule is CCCC(N)C(=O)NCc1cccc(CS(C)(=O)=O)c1. The molecular formula is C14H22N2O3S. The zero-order valence-corrected chi connectivity index (χ0v) is 12.7. The molecule has 20 heavy (non-hydrogen) atoms. The number of hydrogen-bond donors (Lipinski definition) is 2. The van der Waals surface area contributed by atoms with E-state index in [-0.39, 0.29) is 11.7 Å². The molecule has 1 aromatic carbocycles. The lowest BCUT2D eigenvalue weighted by Crippen LogP contribution is -2.40. The molecule has 0 aromatic heterocycles. The van der Waals surface area contributed by atoms with Crippen molar-refractivity contribution in [1.29, 1.82) is 0 Å². The monoisotopic (exact) mass is 298 g/mol. The zero-order chi connectivity index (χ0) is 15.2. The third-order valence-corrected chi connectivity index (χ3v) is 3.68. The van der Waals surface area contributed by atoms with Crippen molar-refractivity contribution in [2.75, 3.05) is 6.26 Å². The van der Waals surface area contributed by atoms with Gasteiger partial charge in [0, 0.05) is 12.8 Å². The molecule has 1 amide bonds. The molecule has 0 aliphatic carbocycles. The Morgan fingerprint density at radius 2 is 2.00 bits per heavy atom. The number of nitrogens with one attached hydrogen (secondary N) is 1. The number of nitrogens with two attached hydrogens (primary N) is 1. The van der Waals surface area contributed by atoms with E-state index in [0.29, 0.717) is 13.0 Å². The second kappa shape index (κ2) is 7.40. The van der Waals surface area contributed by atoms with Gasteiger partial charge in [0.05, 0.1) is 11.8 Å². The predicted octanol–water partition coefficient (Wildman–Crippen LogP) is 0.975. The van der Waals surface area contributed by atoms with Crippen molar-refractivity contribution in [1.82, 2.24) is 5.32 Å². The molecule has 1 atom stereocenters. The van der Waals surface area contributed by atoms with Crippen LogP contribution in [0.1, 0.15) is 30.9 Å². The largest absolute Gasteiger partial charge is 0.351 e. The normalized spacial score (nSPS) is 12.9. The topological polar surface area (TPSA) is 89.3 Å². The molecule has 0 heterocycles. The number of benzene rings is 1. The van der Waals surface area contributed by atoms with Crippen molar-refractivity contribution in [3.05, 3.63) is 35.4 Å². The van der Waals surface area contributed by atoms with Crippen LogP contribution in [-0.2, 0) is 26.9 Å². The lowest BCUT2D eigenvalue weighted by molar-refractivity contribution is -0.122. The number of amides is 1. The highest BCUT2D eigenvalue weighted by atomic mass is 32.2. The van der Waals surface area contributed by atoms with E-state index in [1.165, 1.54) is 6.26 Å². The first-order chi connectivity index (χ1) is 9.31. The smallest absolute Gasteiger partial charge is 0.237 e. The van der Waals surface area contributed by atoms with Crippen LogP contribution >= 0.6 is 0 Å². The summed E-state index contributed by atoms with van der Waals surface area (Å²) in [6, 6.07) is 6.69. The van der Waals surface area contributed by atoms with E-state index >= 15 is 0 Å². The lowest BCUT2D eigenvalue weighted by atomic mass is 10.1. The van der Waals surface area contributed by atoms with Crippen molar-refractivity contribution >= 4 is 15.7 Å². The molecule has 0 radical (unpaired) electrons. The Balaban J connectivity index is 2.61. The van der Waals surface area contributed by atoms with Gasteiger partial charge in [0.1, 0.15) is 0 Å². The van der Waals surface area contributed by atoms with Gasteiger partial charge in [-0.1, -0.05) is 37.6 Å². The second-order valence-electron chi connectivity index (χ2n) is 5.00. The summed E-state index contributed by atoms with van der Waals surface area (Å²) in [7, 11) is -3.05. The van der Waals surface area contributed by atoms with Gasteiger partial charge in [-0.3, -0.25) is 4.79 Å². The highest BCUT2D eigenvalue weighted by Gasteiger charge is 2.11. The van der Waals surface area contributed by atoms with Gasteiger partial charge < -0.3 is 11.1 Å². The Morgan fingerprint density at radius 1 is 1.35 bits per heavy atom. The third-order valence-electron chi connectivity index (χ3n) is 2.82. The molecule has 1 rings (SSSR count). The Kier molecular flexibility index (Phi) is 6.16. The number of rotatable bonds is 7. The van der Waals surface area contributed by atoms with E-state index in [0.717, 1.165) is 17.5 Å². The van der Waals surface area contributed by atoms with Crippen LogP contribution in [0.15, 0.2) is 24.3 Å². The Bertz CT molecular complexity index is 555. The predicted molar refractivity (Wildman–Crippen MR) is 79.7 cm³/mol. The number of sulfone groups is 1. The lowest BCUT2D eigenvalue weighted by Gasteiger charge is -2.11. The minimum Gasteiger partial charge on any atom is -0.351 e. The van der Waals surface area contributed by atoms with Gasteiger partial charge >= 0.3 is 0 Å². The average molecular weight is 298 g/mol. The van der Waals surface area contributed by atoms with Gasteiger partial charge in [-0.2, -0.15) is 0 Å². The van der Waals surface area contributed by atoms with Crippen LogP contribution in [0, 0.1) is 0 Å². The minimum absolute atomic E-state index is 0.00410. The molecule has 0 saturated carbocycles. The fourth-order valence-electron chi connectivity index (χ4n) is 1.89. The molecular weight excluding hydrogens is 276 g/mol. The highest BCUT2D eigenvalue weighted by molar-refractivity contribution is 7.89. The Morgan fingerprint density at radius 3 is 2.60 bits per heavy atom.